The number of pyridine rings is 2. The van der Waals surface area contributed by atoms with Crippen LogP contribution in [0.5, 0.6) is 0 Å². The molecule has 1 unspecified atom stereocenters. The first-order valence-corrected chi connectivity index (χ1v) is 32.7. The van der Waals surface area contributed by atoms with E-state index in [-0.39, 0.29) is 25.5 Å². The number of aromatic nitrogens is 2. The van der Waals surface area contributed by atoms with Crippen LogP contribution in [0.15, 0.2) is 120 Å². The Morgan fingerprint density at radius 2 is 1.31 bits per heavy atom. The molecule has 0 aliphatic heterocycles. The number of hydrogen-bond donors (Lipinski definition) is 0. The van der Waals surface area contributed by atoms with Crippen molar-refractivity contribution in [2.45, 2.75) is 68.2 Å². The van der Waals surface area contributed by atoms with Crippen molar-refractivity contribution in [3.8, 4) is 33.6 Å². The predicted molar refractivity (Wildman–Crippen MR) is 224 cm³/mol. The zero-order valence-electron chi connectivity index (χ0n) is 32.2. The molecule has 0 spiro atoms. The van der Waals surface area contributed by atoms with Gasteiger partial charge in [0.1, 0.15) is 0 Å². The quantitative estimate of drug-likeness (QED) is 0.123. The summed E-state index contributed by atoms with van der Waals surface area (Å²) < 4.78 is 9.13. The number of hydrogen-bond acceptors (Lipinski definition) is 3. The van der Waals surface area contributed by atoms with Gasteiger partial charge in [0.25, 0.3) is 0 Å². The summed E-state index contributed by atoms with van der Waals surface area (Å²) in [6, 6.07) is 43.0. The van der Waals surface area contributed by atoms with Crippen LogP contribution < -0.4 is 8.79 Å². The van der Waals surface area contributed by atoms with Crippen LogP contribution in [0.4, 0.5) is 0 Å². The zero-order chi connectivity index (χ0) is 36.6. The molecule has 7 rings (SSSR count). The summed E-state index contributed by atoms with van der Waals surface area (Å²) in [5.41, 5.74) is 9.73. The molecule has 0 saturated carbocycles. The van der Waals surface area contributed by atoms with Crippen LogP contribution >= 0.6 is 0 Å². The Morgan fingerprint density at radius 1 is 0.635 bits per heavy atom. The van der Waals surface area contributed by atoms with Crippen LogP contribution in [-0.4, -0.2) is 36.5 Å². The van der Waals surface area contributed by atoms with Gasteiger partial charge in [-0.15, -0.1) is 0 Å². The Balaban J connectivity index is 0.000000258. The molecule has 3 heterocycles. The van der Waals surface area contributed by atoms with Gasteiger partial charge in [0.2, 0.25) is 0 Å². The minimum absolute atomic E-state index is 0. The van der Waals surface area contributed by atoms with E-state index >= 15 is 0 Å². The van der Waals surface area contributed by atoms with E-state index in [0.29, 0.717) is 5.92 Å². The van der Waals surface area contributed by atoms with E-state index in [2.05, 4.69) is 157 Å². The third kappa shape index (κ3) is 9.25. The third-order valence-electron chi connectivity index (χ3n) is 9.96. The first-order chi connectivity index (χ1) is 24.1. The topological polar surface area (TPSA) is 38.9 Å². The molecule has 0 bridgehead atoms. The van der Waals surface area contributed by atoms with E-state index in [4.69, 9.17) is 4.42 Å². The van der Waals surface area contributed by atoms with Gasteiger partial charge in [0.15, 0.2) is 0 Å². The Kier molecular flexibility index (Phi) is 12.3. The maximum atomic E-state index is 6.16. The van der Waals surface area contributed by atoms with Crippen molar-refractivity contribution in [3.63, 3.8) is 0 Å². The van der Waals surface area contributed by atoms with E-state index in [1.165, 1.54) is 25.5 Å². The van der Waals surface area contributed by atoms with Gasteiger partial charge < -0.3 is 0 Å². The second-order valence-electron chi connectivity index (χ2n) is 16.8. The second kappa shape index (κ2) is 16.0. The minimum atomic E-state index is -1.82. The third-order valence-corrected chi connectivity index (χ3v) is 18.5. The fraction of sp³-hybridized carbons (Fsp3) is 0.261. The van der Waals surface area contributed by atoms with E-state index < -0.39 is 26.5 Å². The van der Waals surface area contributed by atoms with Crippen LogP contribution in [0.3, 0.4) is 0 Å². The van der Waals surface area contributed by atoms with E-state index in [9.17, 15) is 0 Å². The molecule has 52 heavy (non-hydrogen) atoms. The van der Waals surface area contributed by atoms with Gasteiger partial charge in [-0.3, -0.25) is 0 Å². The summed E-state index contributed by atoms with van der Waals surface area (Å²) in [6.07, 6.45) is 3.96. The molecule has 1 radical (unpaired) electrons. The van der Waals surface area contributed by atoms with Crippen molar-refractivity contribution in [1.29, 1.82) is 0 Å². The summed E-state index contributed by atoms with van der Waals surface area (Å²) in [4.78, 5) is 9.21. The summed E-state index contributed by atoms with van der Waals surface area (Å²) >= 11 is -3.54. The number of fused-ring (bicyclic) bond motifs is 3. The molecule has 1 atom stereocenters. The SMILES string of the molecule is CC(c1ccnc(-c2[c-]cc3oc4ccc(-c5cc[c]([Ge]([CH3])([CH3])[CH3])cc5)cc4c3c2)c1)C(C)(C)C.[CH3][Ge]([CH3])([CH3])[c]1ccc(-c2[c-]cccc2)nc1.[Ir]. The Bertz CT molecular complexity index is 2260. The van der Waals surface area contributed by atoms with Crippen molar-refractivity contribution in [3.05, 3.63) is 133 Å². The maximum absolute atomic E-state index is 6.16. The van der Waals surface area contributed by atoms with Crippen molar-refractivity contribution >= 4 is 57.3 Å². The van der Waals surface area contributed by atoms with Crippen molar-refractivity contribution in [1.82, 2.24) is 9.97 Å². The minimum Gasteiger partial charge on any atom is 0 e. The average molecular weight is 984 g/mol. The smallest absolute Gasteiger partial charge is 0 e. The van der Waals surface area contributed by atoms with E-state index in [1.807, 2.05) is 42.7 Å². The van der Waals surface area contributed by atoms with Gasteiger partial charge >= 0.3 is 255 Å². The number of furan rings is 1. The van der Waals surface area contributed by atoms with Gasteiger partial charge in [-0.2, -0.15) is 0 Å². The molecule has 3 nitrogen and oxygen atoms in total. The van der Waals surface area contributed by atoms with Crippen LogP contribution in [0.1, 0.15) is 39.2 Å². The maximum Gasteiger partial charge on any atom is 0 e. The van der Waals surface area contributed by atoms with Gasteiger partial charge in [-0.25, -0.2) is 0 Å². The zero-order valence-corrected chi connectivity index (χ0v) is 38.8. The number of benzene rings is 4. The van der Waals surface area contributed by atoms with Crippen LogP contribution in [0.2, 0.25) is 34.5 Å². The normalized spacial score (nSPS) is 12.6. The molecule has 0 N–H and O–H groups in total. The molecule has 0 saturated heterocycles. The first-order valence-electron chi connectivity index (χ1n) is 18.0. The van der Waals surface area contributed by atoms with Crippen molar-refractivity contribution in [2.24, 2.45) is 5.41 Å². The molecule has 269 valence electrons. The summed E-state index contributed by atoms with van der Waals surface area (Å²) in [5, 5.41) is 2.23. The summed E-state index contributed by atoms with van der Waals surface area (Å²) in [5.74, 6) is 14.9. The van der Waals surface area contributed by atoms with E-state index in [1.54, 1.807) is 0 Å². The molecular weight excluding hydrogens is 934 g/mol. The molecule has 0 amide bonds. The molecule has 6 heteroatoms. The number of rotatable bonds is 6. The van der Waals surface area contributed by atoms with Crippen molar-refractivity contribution < 1.29 is 24.5 Å². The largest absolute Gasteiger partial charge is 0 e. The van der Waals surface area contributed by atoms with Gasteiger partial charge in [-0.05, 0) is 17.4 Å². The summed E-state index contributed by atoms with van der Waals surface area (Å²) in [6.45, 7) is 9.13. The van der Waals surface area contributed by atoms with Crippen LogP contribution in [-0.2, 0) is 20.1 Å². The Morgan fingerprint density at radius 3 is 1.92 bits per heavy atom. The fourth-order valence-electron chi connectivity index (χ4n) is 6.12. The second-order valence-corrected chi connectivity index (χ2v) is 38.1. The molecular formula is C46H50Ge2IrN2O-2. The van der Waals surface area contributed by atoms with Crippen LogP contribution in [0, 0.1) is 17.5 Å². The van der Waals surface area contributed by atoms with E-state index in [0.717, 1.165) is 44.5 Å². The summed E-state index contributed by atoms with van der Waals surface area (Å²) in [7, 11) is 0. The molecule has 0 aliphatic carbocycles. The molecule has 0 fully saturated rings. The van der Waals surface area contributed by atoms with Gasteiger partial charge in [0.05, 0.1) is 0 Å². The van der Waals surface area contributed by atoms with Gasteiger partial charge in [0, 0.05) is 26.3 Å². The fourth-order valence-corrected chi connectivity index (χ4v) is 10.7. The first kappa shape index (κ1) is 39.9. The average Bonchev–Trinajstić information content (AvgIpc) is 3.48. The Hall–Kier alpha value is -3.28. The monoisotopic (exact) mass is 987 g/mol. The molecule has 4 aromatic carbocycles. The molecule has 3 aromatic heterocycles. The molecule has 7 aromatic rings. The van der Waals surface area contributed by atoms with Crippen LogP contribution in [0.25, 0.3) is 55.6 Å². The van der Waals surface area contributed by atoms with Gasteiger partial charge in [-0.1, -0.05) is 33.3 Å². The predicted octanol–water partition coefficient (Wildman–Crippen LogP) is 11.9. The Labute approximate surface area is 329 Å². The standard InChI is InChI=1S/C32H34GeNO.C14H16GeN.Ir/c1-21(32(2,3)4)23-16-17-34-29(20-23)25-11-15-31-28(19-25)27-18-24(10-14-30(27)35-31)22-8-12-26(13-9-22)33(5,6)7;1-15(2,3)13-9-10-14(16-11-13)12-7-5-4-6-8-12;/h8-10,12-21H,1-7H3;4-7,9-11H,1-3H3;/q2*-1;. The van der Waals surface area contributed by atoms with Crippen molar-refractivity contribution in [2.75, 3.05) is 0 Å². The number of nitrogens with zero attached hydrogens (tertiary/aromatic N) is 2. The molecule has 0 aliphatic rings.